The maximum absolute atomic E-state index is 6.19. The fourth-order valence-electron chi connectivity index (χ4n) is 1.72. The van der Waals surface area contributed by atoms with Crippen LogP contribution in [-0.4, -0.2) is 16.1 Å². The second-order valence-corrected chi connectivity index (χ2v) is 4.65. The molecule has 0 saturated carbocycles. The number of nitrogens with zero attached hydrogens (tertiary/aromatic N) is 1. The van der Waals surface area contributed by atoms with Crippen LogP contribution < -0.4 is 10.5 Å². The van der Waals surface area contributed by atoms with E-state index >= 15 is 0 Å². The smallest absolute Gasteiger partial charge is 0.138 e. The summed E-state index contributed by atoms with van der Waals surface area (Å²) in [5, 5.41) is 0.576. The van der Waals surface area contributed by atoms with Gasteiger partial charge < -0.3 is 15.5 Å². The van der Waals surface area contributed by atoms with Gasteiger partial charge in [0.05, 0.1) is 28.8 Å². The van der Waals surface area contributed by atoms with Gasteiger partial charge in [-0.05, 0) is 32.0 Å². The zero-order chi connectivity index (χ0) is 13.1. The quantitative estimate of drug-likeness (QED) is 0.893. The van der Waals surface area contributed by atoms with Gasteiger partial charge in [0, 0.05) is 12.1 Å². The number of nitrogens with two attached hydrogens (primary N) is 1. The first-order chi connectivity index (χ1) is 8.61. The molecule has 5 heteroatoms. The molecule has 1 aromatic carbocycles. The number of aromatic nitrogens is 2. The Morgan fingerprint density at radius 1 is 1.44 bits per heavy atom. The highest BCUT2D eigenvalue weighted by atomic mass is 35.5. The topological polar surface area (TPSA) is 63.9 Å². The average molecular weight is 266 g/mol. The van der Waals surface area contributed by atoms with Crippen molar-refractivity contribution in [2.75, 3.05) is 0 Å². The van der Waals surface area contributed by atoms with Gasteiger partial charge in [0.2, 0.25) is 0 Å². The van der Waals surface area contributed by atoms with Gasteiger partial charge in [-0.2, -0.15) is 0 Å². The monoisotopic (exact) mass is 265 g/mol. The molecule has 18 heavy (non-hydrogen) atoms. The van der Waals surface area contributed by atoms with E-state index in [1.165, 1.54) is 0 Å². The number of nitrogens with one attached hydrogen (secondary N) is 1. The molecule has 2 aromatic rings. The van der Waals surface area contributed by atoms with Crippen LogP contribution in [0.3, 0.4) is 0 Å². The van der Waals surface area contributed by atoms with Crippen LogP contribution in [0.25, 0.3) is 11.3 Å². The molecule has 0 aliphatic carbocycles. The summed E-state index contributed by atoms with van der Waals surface area (Å²) in [6.07, 6.45) is 1.72. The first-order valence-electron chi connectivity index (χ1n) is 5.80. The Kier molecular flexibility index (Phi) is 3.89. The van der Waals surface area contributed by atoms with Crippen LogP contribution in [0, 0.1) is 0 Å². The number of imidazole rings is 1. The summed E-state index contributed by atoms with van der Waals surface area (Å²) >= 11 is 6.19. The Labute approximate surface area is 111 Å². The standard InChI is InChI=1S/C13H16ClN3O/c1-8(2)18-12-4-3-9(5-10(12)14)13-11(6-15)16-7-17-13/h3-5,7-8H,6,15H2,1-2H3,(H,16,17). The molecule has 0 aliphatic heterocycles. The average Bonchev–Trinajstić information content (AvgIpc) is 2.79. The van der Waals surface area contributed by atoms with E-state index in [0.717, 1.165) is 17.0 Å². The van der Waals surface area contributed by atoms with Crippen LogP contribution in [0.5, 0.6) is 5.75 Å². The first kappa shape index (κ1) is 12.9. The van der Waals surface area contributed by atoms with E-state index in [4.69, 9.17) is 22.1 Å². The van der Waals surface area contributed by atoms with Gasteiger partial charge in [-0.3, -0.25) is 0 Å². The summed E-state index contributed by atoms with van der Waals surface area (Å²) in [6, 6.07) is 5.63. The van der Waals surface area contributed by atoms with Crippen LogP contribution in [0.4, 0.5) is 0 Å². The summed E-state index contributed by atoms with van der Waals surface area (Å²) < 4.78 is 5.59. The molecule has 0 unspecified atom stereocenters. The Morgan fingerprint density at radius 3 is 2.83 bits per heavy atom. The van der Waals surface area contributed by atoms with Gasteiger partial charge in [0.15, 0.2) is 0 Å². The maximum atomic E-state index is 6.19. The summed E-state index contributed by atoms with van der Waals surface area (Å²) in [7, 11) is 0. The molecule has 0 fully saturated rings. The largest absolute Gasteiger partial charge is 0.489 e. The number of hydrogen-bond acceptors (Lipinski definition) is 3. The van der Waals surface area contributed by atoms with Crippen molar-refractivity contribution in [2.24, 2.45) is 5.73 Å². The molecule has 2 rings (SSSR count). The molecular weight excluding hydrogens is 250 g/mol. The maximum Gasteiger partial charge on any atom is 0.138 e. The van der Waals surface area contributed by atoms with Crippen molar-refractivity contribution in [1.82, 2.24) is 9.97 Å². The Balaban J connectivity index is 2.34. The second kappa shape index (κ2) is 5.42. The second-order valence-electron chi connectivity index (χ2n) is 4.25. The summed E-state index contributed by atoms with van der Waals surface area (Å²) in [4.78, 5) is 7.26. The zero-order valence-corrected chi connectivity index (χ0v) is 11.2. The third-order valence-corrected chi connectivity index (χ3v) is 2.79. The van der Waals surface area contributed by atoms with Crippen LogP contribution >= 0.6 is 11.6 Å². The molecule has 1 heterocycles. The molecule has 3 N–H and O–H groups in total. The minimum atomic E-state index is 0.0957. The molecule has 1 aromatic heterocycles. The van der Waals surface area contributed by atoms with Crippen molar-refractivity contribution >= 4 is 11.6 Å². The fraction of sp³-hybridized carbons (Fsp3) is 0.308. The lowest BCUT2D eigenvalue weighted by atomic mass is 10.1. The van der Waals surface area contributed by atoms with Gasteiger partial charge in [-0.1, -0.05) is 11.6 Å². The van der Waals surface area contributed by atoms with Crippen molar-refractivity contribution < 1.29 is 4.74 Å². The van der Waals surface area contributed by atoms with Gasteiger partial charge in [-0.15, -0.1) is 0 Å². The molecule has 0 bridgehead atoms. The lowest BCUT2D eigenvalue weighted by Crippen LogP contribution is -2.05. The molecule has 96 valence electrons. The third-order valence-electron chi connectivity index (χ3n) is 2.49. The minimum Gasteiger partial charge on any atom is -0.489 e. The Morgan fingerprint density at radius 2 is 2.22 bits per heavy atom. The predicted molar refractivity (Wildman–Crippen MR) is 72.7 cm³/mol. The van der Waals surface area contributed by atoms with Crippen LogP contribution in [-0.2, 0) is 6.54 Å². The van der Waals surface area contributed by atoms with E-state index in [2.05, 4.69) is 9.97 Å². The SMILES string of the molecule is CC(C)Oc1ccc(-c2nc[nH]c2CN)cc1Cl. The minimum absolute atomic E-state index is 0.0957. The van der Waals surface area contributed by atoms with Crippen molar-refractivity contribution in [2.45, 2.75) is 26.5 Å². The normalized spacial score (nSPS) is 10.9. The highest BCUT2D eigenvalue weighted by molar-refractivity contribution is 6.32. The number of rotatable bonds is 4. The molecule has 0 aliphatic rings. The van der Waals surface area contributed by atoms with Gasteiger partial charge in [0.25, 0.3) is 0 Å². The van der Waals surface area contributed by atoms with E-state index in [-0.39, 0.29) is 6.10 Å². The van der Waals surface area contributed by atoms with Gasteiger partial charge in [0.1, 0.15) is 5.75 Å². The molecule has 0 atom stereocenters. The number of aromatic amines is 1. The van der Waals surface area contributed by atoms with E-state index in [1.54, 1.807) is 6.33 Å². The lowest BCUT2D eigenvalue weighted by Gasteiger charge is -2.12. The number of benzene rings is 1. The van der Waals surface area contributed by atoms with Crippen LogP contribution in [0.15, 0.2) is 24.5 Å². The molecule has 0 radical (unpaired) electrons. The van der Waals surface area contributed by atoms with Crippen molar-refractivity contribution in [3.63, 3.8) is 0 Å². The van der Waals surface area contributed by atoms with E-state index < -0.39 is 0 Å². The fourth-order valence-corrected chi connectivity index (χ4v) is 1.95. The lowest BCUT2D eigenvalue weighted by molar-refractivity contribution is 0.242. The Bertz CT molecular complexity index is 537. The van der Waals surface area contributed by atoms with E-state index in [1.807, 2.05) is 32.0 Å². The third kappa shape index (κ3) is 2.66. The molecular formula is C13H16ClN3O. The van der Waals surface area contributed by atoms with Gasteiger partial charge in [-0.25, -0.2) is 4.98 Å². The zero-order valence-electron chi connectivity index (χ0n) is 10.4. The van der Waals surface area contributed by atoms with E-state index in [9.17, 15) is 0 Å². The predicted octanol–water partition coefficient (Wildman–Crippen LogP) is 2.98. The highest BCUT2D eigenvalue weighted by Crippen LogP contribution is 2.31. The number of halogens is 1. The Hall–Kier alpha value is -1.52. The summed E-state index contributed by atoms with van der Waals surface area (Å²) in [5.74, 6) is 0.681. The van der Waals surface area contributed by atoms with E-state index in [0.29, 0.717) is 17.3 Å². The summed E-state index contributed by atoms with van der Waals surface area (Å²) in [6.45, 7) is 4.34. The molecule has 4 nitrogen and oxygen atoms in total. The number of ether oxygens (including phenoxy) is 1. The van der Waals surface area contributed by atoms with Gasteiger partial charge >= 0.3 is 0 Å². The first-order valence-corrected chi connectivity index (χ1v) is 6.18. The highest BCUT2D eigenvalue weighted by Gasteiger charge is 2.10. The van der Waals surface area contributed by atoms with Crippen molar-refractivity contribution in [1.29, 1.82) is 0 Å². The van der Waals surface area contributed by atoms with Crippen LogP contribution in [0.2, 0.25) is 5.02 Å². The number of H-pyrrole nitrogens is 1. The summed E-state index contributed by atoms with van der Waals surface area (Å²) in [5.41, 5.74) is 8.29. The van der Waals surface area contributed by atoms with Crippen molar-refractivity contribution in [3.8, 4) is 17.0 Å². The molecule has 0 amide bonds. The van der Waals surface area contributed by atoms with Crippen molar-refractivity contribution in [3.05, 3.63) is 35.2 Å². The number of hydrogen-bond donors (Lipinski definition) is 2. The molecule has 0 saturated heterocycles. The van der Waals surface area contributed by atoms with Crippen LogP contribution in [0.1, 0.15) is 19.5 Å². The molecule has 0 spiro atoms.